The summed E-state index contributed by atoms with van der Waals surface area (Å²) in [6.45, 7) is 16.7. The minimum atomic E-state index is -0.296. The summed E-state index contributed by atoms with van der Waals surface area (Å²) in [5, 5.41) is 3.05. The Kier molecular flexibility index (Phi) is 10.4. The van der Waals surface area contributed by atoms with Gasteiger partial charge in [-0.25, -0.2) is 4.79 Å². The number of rotatable bonds is 6. The molecule has 0 aromatic heterocycles. The molecule has 0 heterocycles. The van der Waals surface area contributed by atoms with Crippen LogP contribution >= 0.6 is 0 Å². The molecule has 1 N–H and O–H groups in total. The van der Waals surface area contributed by atoms with Crippen LogP contribution < -0.4 is 10.1 Å². The van der Waals surface area contributed by atoms with Crippen LogP contribution in [0, 0.1) is 18.3 Å². The summed E-state index contributed by atoms with van der Waals surface area (Å²) in [6, 6.07) is 5.47. The van der Waals surface area contributed by atoms with Crippen LogP contribution in [0.1, 0.15) is 66.0 Å². The zero-order valence-electron chi connectivity index (χ0n) is 17.6. The minimum Gasteiger partial charge on any atom is -0.425 e. The standard InChI is InChI=1S/C20H31NO2.C2H6/c1-14(2)8-9-16-10-11-17(12-15(16)3)23-19(22)18(21-7)13-20(4,5)6;1-2/h8-12,14,18,21H,13H2,1-7H3;1-2H3/b9-8-;. The number of hydrogen-bond donors (Lipinski definition) is 1. The van der Waals surface area contributed by atoms with Crippen LogP contribution in [-0.2, 0) is 4.79 Å². The predicted octanol–water partition coefficient (Wildman–Crippen LogP) is 5.62. The van der Waals surface area contributed by atoms with E-state index in [0.29, 0.717) is 11.7 Å². The van der Waals surface area contributed by atoms with Gasteiger partial charge in [0, 0.05) is 0 Å². The van der Waals surface area contributed by atoms with Gasteiger partial charge in [-0.05, 0) is 55.0 Å². The summed E-state index contributed by atoms with van der Waals surface area (Å²) < 4.78 is 5.55. The molecule has 1 unspecified atom stereocenters. The molecule has 0 aliphatic rings. The van der Waals surface area contributed by atoms with Crippen molar-refractivity contribution in [2.45, 2.75) is 67.9 Å². The SMILES string of the molecule is CC.CNC(CC(C)(C)C)C(=O)Oc1ccc(/C=C\C(C)C)c(C)c1. The zero-order valence-corrected chi connectivity index (χ0v) is 17.6. The lowest BCUT2D eigenvalue weighted by Crippen LogP contribution is -2.40. The molecule has 1 aromatic carbocycles. The molecule has 0 aliphatic carbocycles. The van der Waals surface area contributed by atoms with Gasteiger partial charge in [0.15, 0.2) is 0 Å². The molecule has 0 amide bonds. The first-order valence-electron chi connectivity index (χ1n) is 9.30. The van der Waals surface area contributed by atoms with Gasteiger partial charge in [0.25, 0.3) is 0 Å². The van der Waals surface area contributed by atoms with E-state index in [1.54, 1.807) is 7.05 Å². The highest BCUT2D eigenvalue weighted by molar-refractivity contribution is 5.78. The van der Waals surface area contributed by atoms with Crippen molar-refractivity contribution in [2.24, 2.45) is 11.3 Å². The second-order valence-corrected chi connectivity index (χ2v) is 7.65. The Labute approximate surface area is 154 Å². The topological polar surface area (TPSA) is 38.3 Å². The lowest BCUT2D eigenvalue weighted by atomic mass is 9.88. The third-order valence-corrected chi connectivity index (χ3v) is 3.57. The number of ether oxygens (including phenoxy) is 1. The van der Waals surface area contributed by atoms with E-state index in [0.717, 1.165) is 17.5 Å². The normalized spacial score (nSPS) is 12.7. The van der Waals surface area contributed by atoms with Gasteiger partial charge in [-0.3, -0.25) is 0 Å². The van der Waals surface area contributed by atoms with E-state index in [9.17, 15) is 4.79 Å². The van der Waals surface area contributed by atoms with Gasteiger partial charge >= 0.3 is 5.97 Å². The average molecular weight is 348 g/mol. The maximum absolute atomic E-state index is 12.3. The van der Waals surface area contributed by atoms with Crippen LogP contribution in [0.3, 0.4) is 0 Å². The number of carbonyl (C=O) groups is 1. The molecular formula is C22H37NO2. The van der Waals surface area contributed by atoms with Crippen molar-refractivity contribution in [2.75, 3.05) is 7.05 Å². The van der Waals surface area contributed by atoms with Gasteiger partial charge in [0.2, 0.25) is 0 Å². The zero-order chi connectivity index (χ0) is 19.6. The lowest BCUT2D eigenvalue weighted by Gasteiger charge is -2.24. The van der Waals surface area contributed by atoms with Crippen LogP contribution in [0.15, 0.2) is 24.3 Å². The van der Waals surface area contributed by atoms with Crippen LogP contribution in [0.4, 0.5) is 0 Å². The Morgan fingerprint density at radius 3 is 2.28 bits per heavy atom. The molecule has 3 nitrogen and oxygen atoms in total. The highest BCUT2D eigenvalue weighted by atomic mass is 16.5. The van der Waals surface area contributed by atoms with E-state index in [1.165, 1.54) is 0 Å². The third kappa shape index (κ3) is 9.45. The largest absolute Gasteiger partial charge is 0.425 e. The van der Waals surface area contributed by atoms with Crippen LogP contribution in [0.25, 0.3) is 6.08 Å². The third-order valence-electron chi connectivity index (χ3n) is 3.57. The number of carbonyl (C=O) groups excluding carboxylic acids is 1. The van der Waals surface area contributed by atoms with Crippen molar-refractivity contribution in [3.8, 4) is 5.75 Å². The highest BCUT2D eigenvalue weighted by Gasteiger charge is 2.25. The minimum absolute atomic E-state index is 0.0636. The molecule has 142 valence electrons. The number of hydrogen-bond acceptors (Lipinski definition) is 3. The van der Waals surface area contributed by atoms with E-state index < -0.39 is 0 Å². The number of nitrogens with one attached hydrogen (secondary N) is 1. The van der Waals surface area contributed by atoms with Gasteiger partial charge in [-0.2, -0.15) is 0 Å². The fraction of sp³-hybridized carbons (Fsp3) is 0.591. The van der Waals surface area contributed by atoms with E-state index in [4.69, 9.17) is 4.74 Å². The lowest BCUT2D eigenvalue weighted by molar-refractivity contribution is -0.137. The first-order valence-corrected chi connectivity index (χ1v) is 9.30. The molecule has 0 saturated heterocycles. The number of likely N-dealkylation sites (N-methyl/N-ethyl adjacent to an activating group) is 1. The predicted molar refractivity (Wildman–Crippen MR) is 109 cm³/mol. The van der Waals surface area contributed by atoms with Crippen LogP contribution in [0.5, 0.6) is 5.75 Å². The summed E-state index contributed by atoms with van der Waals surface area (Å²) in [7, 11) is 1.79. The van der Waals surface area contributed by atoms with Gasteiger partial charge in [0.1, 0.15) is 11.8 Å². The number of aryl methyl sites for hydroxylation is 1. The van der Waals surface area contributed by atoms with Crippen molar-refractivity contribution in [3.63, 3.8) is 0 Å². The van der Waals surface area contributed by atoms with Crippen molar-refractivity contribution < 1.29 is 9.53 Å². The molecule has 0 fully saturated rings. The van der Waals surface area contributed by atoms with Gasteiger partial charge < -0.3 is 10.1 Å². The Morgan fingerprint density at radius 2 is 1.84 bits per heavy atom. The molecular weight excluding hydrogens is 310 g/mol. The molecule has 0 radical (unpaired) electrons. The molecule has 0 aliphatic heterocycles. The Hall–Kier alpha value is -1.61. The Morgan fingerprint density at radius 1 is 1.24 bits per heavy atom. The molecule has 0 bridgehead atoms. The highest BCUT2D eigenvalue weighted by Crippen LogP contribution is 2.23. The van der Waals surface area contributed by atoms with Crippen LogP contribution in [-0.4, -0.2) is 19.1 Å². The van der Waals surface area contributed by atoms with Crippen LogP contribution in [0.2, 0.25) is 0 Å². The van der Waals surface area contributed by atoms with Gasteiger partial charge in [-0.15, -0.1) is 0 Å². The number of benzene rings is 1. The summed E-state index contributed by atoms with van der Waals surface area (Å²) >= 11 is 0. The summed E-state index contributed by atoms with van der Waals surface area (Å²) in [4.78, 5) is 12.3. The van der Waals surface area contributed by atoms with Crippen molar-refractivity contribution in [3.05, 3.63) is 35.4 Å². The summed E-state index contributed by atoms with van der Waals surface area (Å²) in [5.74, 6) is 0.886. The molecule has 25 heavy (non-hydrogen) atoms. The number of allylic oxidation sites excluding steroid dienone is 1. The van der Waals surface area contributed by atoms with E-state index in [-0.39, 0.29) is 17.4 Å². The second-order valence-electron chi connectivity index (χ2n) is 7.65. The monoisotopic (exact) mass is 347 g/mol. The summed E-state index contributed by atoms with van der Waals surface area (Å²) in [6.07, 6.45) is 5.01. The fourth-order valence-corrected chi connectivity index (χ4v) is 2.30. The molecule has 1 atom stereocenters. The fourth-order valence-electron chi connectivity index (χ4n) is 2.30. The maximum Gasteiger partial charge on any atom is 0.328 e. The smallest absolute Gasteiger partial charge is 0.328 e. The van der Waals surface area contributed by atoms with Crippen molar-refractivity contribution >= 4 is 12.0 Å². The first kappa shape index (κ1) is 23.4. The van der Waals surface area contributed by atoms with E-state index in [2.05, 4.69) is 52.1 Å². The van der Waals surface area contributed by atoms with E-state index >= 15 is 0 Å². The Bertz CT molecular complexity index is 554. The van der Waals surface area contributed by atoms with Gasteiger partial charge in [-0.1, -0.05) is 66.7 Å². The quantitative estimate of drug-likeness (QED) is 0.536. The van der Waals surface area contributed by atoms with Gasteiger partial charge in [0.05, 0.1) is 0 Å². The number of esters is 1. The molecule has 0 saturated carbocycles. The molecule has 1 rings (SSSR count). The second kappa shape index (κ2) is 11.1. The van der Waals surface area contributed by atoms with Crippen molar-refractivity contribution in [1.29, 1.82) is 0 Å². The molecule has 3 heteroatoms. The molecule has 1 aromatic rings. The first-order chi connectivity index (χ1) is 11.6. The summed E-state index contributed by atoms with van der Waals surface area (Å²) in [5.41, 5.74) is 2.32. The van der Waals surface area contributed by atoms with Crippen molar-refractivity contribution in [1.82, 2.24) is 5.32 Å². The van der Waals surface area contributed by atoms with E-state index in [1.807, 2.05) is 39.0 Å². The Balaban J connectivity index is 0.00000277. The maximum atomic E-state index is 12.3. The average Bonchev–Trinajstić information content (AvgIpc) is 2.52. The molecule has 0 spiro atoms.